The van der Waals surface area contributed by atoms with Gasteiger partial charge in [-0.15, -0.1) is 0 Å². The van der Waals surface area contributed by atoms with Gasteiger partial charge in [0.05, 0.1) is 0 Å². The number of carbonyl (C=O) groups excluding carboxylic acids is 2. The molecule has 0 spiro atoms. The van der Waals surface area contributed by atoms with Crippen molar-refractivity contribution in [2.75, 3.05) is 5.32 Å². The normalized spacial score (nSPS) is 10.8. The Morgan fingerprint density at radius 2 is 1.64 bits per heavy atom. The third kappa shape index (κ3) is 6.38. The van der Waals surface area contributed by atoms with E-state index in [2.05, 4.69) is 12.2 Å². The van der Waals surface area contributed by atoms with Crippen LogP contribution in [0.2, 0.25) is 0 Å². The maximum Gasteiger partial charge on any atom is 0.221 e. The zero-order valence-electron chi connectivity index (χ0n) is 14.9. The number of unbranched alkanes of at least 4 members (excludes halogenated alkanes) is 2. The summed E-state index contributed by atoms with van der Waals surface area (Å²) >= 11 is 0. The zero-order valence-corrected chi connectivity index (χ0v) is 14.9. The summed E-state index contributed by atoms with van der Waals surface area (Å²) in [5.74, 6) is -0.109. The Morgan fingerprint density at radius 1 is 0.960 bits per heavy atom. The van der Waals surface area contributed by atoms with E-state index in [9.17, 15) is 9.59 Å². The van der Waals surface area contributed by atoms with Gasteiger partial charge in [-0.3, -0.25) is 9.59 Å². The lowest BCUT2D eigenvalue weighted by molar-refractivity contribution is -0.114. The van der Waals surface area contributed by atoms with Crippen LogP contribution in [0.4, 0.5) is 5.69 Å². The predicted molar refractivity (Wildman–Crippen MR) is 104 cm³/mol. The molecule has 0 heterocycles. The summed E-state index contributed by atoms with van der Waals surface area (Å²) < 4.78 is 0. The molecule has 0 unspecified atom stereocenters. The maximum absolute atomic E-state index is 12.3. The Bertz CT molecular complexity index is 728. The van der Waals surface area contributed by atoms with Gasteiger partial charge in [0.1, 0.15) is 0 Å². The minimum Gasteiger partial charge on any atom is -0.326 e. The Labute approximate surface area is 149 Å². The van der Waals surface area contributed by atoms with Gasteiger partial charge in [0.2, 0.25) is 5.91 Å². The van der Waals surface area contributed by atoms with Crippen molar-refractivity contribution < 1.29 is 9.59 Å². The average molecular weight is 335 g/mol. The van der Waals surface area contributed by atoms with E-state index in [1.54, 1.807) is 12.2 Å². The molecule has 0 aromatic heterocycles. The molecule has 3 heteroatoms. The van der Waals surface area contributed by atoms with Crippen molar-refractivity contribution in [3.05, 3.63) is 71.3 Å². The Balaban J connectivity index is 1.94. The molecule has 0 saturated carbocycles. The highest BCUT2D eigenvalue weighted by atomic mass is 16.1. The van der Waals surface area contributed by atoms with Crippen LogP contribution in [0.15, 0.2) is 54.6 Å². The van der Waals surface area contributed by atoms with Gasteiger partial charge < -0.3 is 5.32 Å². The van der Waals surface area contributed by atoms with Crippen molar-refractivity contribution in [2.45, 2.75) is 39.5 Å². The van der Waals surface area contributed by atoms with E-state index in [1.165, 1.54) is 31.7 Å². The number of hydrogen-bond donors (Lipinski definition) is 1. The Morgan fingerprint density at radius 3 is 2.24 bits per heavy atom. The Kier molecular flexibility index (Phi) is 7.15. The molecule has 0 aliphatic heterocycles. The summed E-state index contributed by atoms with van der Waals surface area (Å²) in [6.07, 6.45) is 8.09. The van der Waals surface area contributed by atoms with Crippen LogP contribution in [0, 0.1) is 0 Å². The summed E-state index contributed by atoms with van der Waals surface area (Å²) in [5.41, 5.74) is 3.64. The zero-order chi connectivity index (χ0) is 18.1. The molecule has 0 aliphatic carbocycles. The summed E-state index contributed by atoms with van der Waals surface area (Å²) in [4.78, 5) is 23.3. The molecule has 0 bridgehead atoms. The van der Waals surface area contributed by atoms with Crippen LogP contribution in [0.3, 0.4) is 0 Å². The molecule has 0 saturated heterocycles. The van der Waals surface area contributed by atoms with Gasteiger partial charge in [-0.25, -0.2) is 0 Å². The van der Waals surface area contributed by atoms with Crippen LogP contribution in [0.1, 0.15) is 54.6 Å². The van der Waals surface area contributed by atoms with Crippen LogP contribution >= 0.6 is 0 Å². The van der Waals surface area contributed by atoms with Crippen molar-refractivity contribution in [3.8, 4) is 0 Å². The lowest BCUT2D eigenvalue weighted by atomic mass is 10.0. The van der Waals surface area contributed by atoms with Crippen LogP contribution < -0.4 is 5.32 Å². The first-order valence-electron chi connectivity index (χ1n) is 8.77. The number of carbonyl (C=O) groups is 2. The number of anilines is 1. The fourth-order valence-corrected chi connectivity index (χ4v) is 2.56. The van der Waals surface area contributed by atoms with E-state index in [1.807, 2.05) is 48.5 Å². The first-order valence-corrected chi connectivity index (χ1v) is 8.77. The van der Waals surface area contributed by atoms with Gasteiger partial charge in [0.15, 0.2) is 5.78 Å². The minimum atomic E-state index is -0.100. The molecule has 0 fully saturated rings. The monoisotopic (exact) mass is 335 g/mol. The fourth-order valence-electron chi connectivity index (χ4n) is 2.56. The number of aryl methyl sites for hydroxylation is 1. The van der Waals surface area contributed by atoms with Gasteiger partial charge in [-0.05, 0) is 42.2 Å². The molecule has 1 N–H and O–H groups in total. The first kappa shape index (κ1) is 18.7. The third-order valence-electron chi connectivity index (χ3n) is 3.97. The van der Waals surface area contributed by atoms with Gasteiger partial charge in [0, 0.05) is 18.2 Å². The number of rotatable bonds is 8. The van der Waals surface area contributed by atoms with Gasteiger partial charge >= 0.3 is 0 Å². The first-order chi connectivity index (χ1) is 12.1. The predicted octanol–water partition coefficient (Wildman–Crippen LogP) is 5.27. The van der Waals surface area contributed by atoms with E-state index in [0.29, 0.717) is 5.56 Å². The molecule has 0 aliphatic rings. The van der Waals surface area contributed by atoms with Crippen LogP contribution in [-0.4, -0.2) is 11.7 Å². The van der Waals surface area contributed by atoms with Crippen molar-refractivity contribution in [1.82, 2.24) is 0 Å². The van der Waals surface area contributed by atoms with Crippen molar-refractivity contribution in [2.24, 2.45) is 0 Å². The topological polar surface area (TPSA) is 46.2 Å². The summed E-state index contributed by atoms with van der Waals surface area (Å²) in [5, 5.41) is 2.72. The largest absolute Gasteiger partial charge is 0.326 e. The molecule has 130 valence electrons. The second-order valence-corrected chi connectivity index (χ2v) is 6.15. The van der Waals surface area contributed by atoms with Gasteiger partial charge in [-0.2, -0.15) is 0 Å². The number of ketones is 1. The smallest absolute Gasteiger partial charge is 0.221 e. The highest BCUT2D eigenvalue weighted by Crippen LogP contribution is 2.13. The number of nitrogens with one attached hydrogen (secondary N) is 1. The van der Waals surface area contributed by atoms with Crippen molar-refractivity contribution in [1.29, 1.82) is 0 Å². The number of hydrogen-bond acceptors (Lipinski definition) is 2. The van der Waals surface area contributed by atoms with Crippen LogP contribution in [0.5, 0.6) is 0 Å². The molecule has 3 nitrogen and oxygen atoms in total. The lowest BCUT2D eigenvalue weighted by Gasteiger charge is -2.03. The molecule has 2 rings (SSSR count). The third-order valence-corrected chi connectivity index (χ3v) is 3.97. The van der Waals surface area contributed by atoms with E-state index >= 15 is 0 Å². The molecule has 0 radical (unpaired) electrons. The van der Waals surface area contributed by atoms with Crippen molar-refractivity contribution >= 4 is 23.5 Å². The summed E-state index contributed by atoms with van der Waals surface area (Å²) in [6.45, 7) is 3.67. The summed E-state index contributed by atoms with van der Waals surface area (Å²) in [6, 6.07) is 15.2. The van der Waals surface area contributed by atoms with Gasteiger partial charge in [-0.1, -0.05) is 62.2 Å². The second kappa shape index (κ2) is 9.58. The van der Waals surface area contributed by atoms with Crippen LogP contribution in [0.25, 0.3) is 6.08 Å². The molecular formula is C22H25NO2. The molecule has 2 aromatic rings. The minimum absolute atomic E-state index is 0.00829. The molecular weight excluding hydrogens is 310 g/mol. The SMILES string of the molecule is CCCCCc1ccc(C(=O)C=Cc2ccc(NC(C)=O)cc2)cc1. The quantitative estimate of drug-likeness (QED) is 0.405. The second-order valence-electron chi connectivity index (χ2n) is 6.15. The molecule has 1 amide bonds. The maximum atomic E-state index is 12.3. The van der Waals surface area contributed by atoms with Crippen molar-refractivity contribution in [3.63, 3.8) is 0 Å². The summed E-state index contributed by atoms with van der Waals surface area (Å²) in [7, 11) is 0. The fraction of sp³-hybridized carbons (Fsp3) is 0.273. The average Bonchev–Trinajstić information content (AvgIpc) is 2.61. The van der Waals surface area contributed by atoms with E-state index in [0.717, 1.165) is 17.7 Å². The molecule has 25 heavy (non-hydrogen) atoms. The highest BCUT2D eigenvalue weighted by Gasteiger charge is 2.02. The number of allylic oxidation sites excluding steroid dienone is 1. The number of benzene rings is 2. The van der Waals surface area contributed by atoms with E-state index in [4.69, 9.17) is 0 Å². The van der Waals surface area contributed by atoms with E-state index < -0.39 is 0 Å². The van der Waals surface area contributed by atoms with Crippen LogP contribution in [-0.2, 0) is 11.2 Å². The molecule has 2 aromatic carbocycles. The standard InChI is InChI=1S/C22H25NO2/c1-3-4-5-6-18-7-12-20(13-8-18)22(25)16-11-19-9-14-21(15-10-19)23-17(2)24/h7-16H,3-6H2,1-2H3,(H,23,24). The lowest BCUT2D eigenvalue weighted by Crippen LogP contribution is -2.05. The number of amides is 1. The van der Waals surface area contributed by atoms with Gasteiger partial charge in [0.25, 0.3) is 0 Å². The highest BCUT2D eigenvalue weighted by molar-refractivity contribution is 6.06. The Hall–Kier alpha value is -2.68. The van der Waals surface area contributed by atoms with E-state index in [-0.39, 0.29) is 11.7 Å². The molecule has 0 atom stereocenters.